The van der Waals surface area contributed by atoms with Crippen molar-refractivity contribution in [2.24, 2.45) is 5.73 Å². The zero-order valence-corrected chi connectivity index (χ0v) is 11.6. The van der Waals surface area contributed by atoms with E-state index in [1.165, 1.54) is 0 Å². The molecule has 2 rings (SSSR count). The predicted molar refractivity (Wildman–Crippen MR) is 77.7 cm³/mol. The number of fused-ring (bicyclic) bond motifs is 1. The van der Waals surface area contributed by atoms with Crippen LogP contribution in [0.4, 0.5) is 0 Å². The van der Waals surface area contributed by atoms with Gasteiger partial charge in [0.2, 0.25) is 5.91 Å². The van der Waals surface area contributed by atoms with Crippen LogP contribution in [0.5, 0.6) is 5.75 Å². The summed E-state index contributed by atoms with van der Waals surface area (Å²) in [4.78, 5) is 14.9. The smallest absolute Gasteiger partial charge is 0.217 e. The molecule has 0 saturated carbocycles. The monoisotopic (exact) mass is 280 g/mol. The molecule has 0 aliphatic rings. The van der Waals surface area contributed by atoms with E-state index in [1.807, 2.05) is 30.6 Å². The minimum Gasteiger partial charge on any atom is -0.497 e. The Hall–Kier alpha value is -1.81. The summed E-state index contributed by atoms with van der Waals surface area (Å²) >= 11 is 0. The maximum absolute atomic E-state index is 10.7. The minimum atomic E-state index is -0.263. The number of hydrogen-bond acceptors (Lipinski definition) is 3. The van der Waals surface area contributed by atoms with Crippen LogP contribution in [-0.4, -0.2) is 18.0 Å². The third-order valence-electron chi connectivity index (χ3n) is 2.92. The number of carbonyl (C=O) groups is 1. The number of methoxy groups -OCH3 is 1. The van der Waals surface area contributed by atoms with Gasteiger partial charge in [-0.3, -0.25) is 9.78 Å². The van der Waals surface area contributed by atoms with Crippen molar-refractivity contribution in [3.05, 3.63) is 36.2 Å². The molecule has 0 radical (unpaired) electrons. The molecule has 102 valence electrons. The van der Waals surface area contributed by atoms with E-state index >= 15 is 0 Å². The molecule has 0 aliphatic carbocycles. The molecule has 5 heteroatoms. The van der Waals surface area contributed by atoms with Gasteiger partial charge in [-0.15, -0.1) is 12.4 Å². The van der Waals surface area contributed by atoms with Crippen LogP contribution in [0.25, 0.3) is 10.8 Å². The number of benzene rings is 1. The van der Waals surface area contributed by atoms with Gasteiger partial charge in [-0.05, 0) is 42.0 Å². The van der Waals surface area contributed by atoms with Crippen LogP contribution in [0, 0.1) is 0 Å². The highest BCUT2D eigenvalue weighted by Gasteiger charge is 2.04. The van der Waals surface area contributed by atoms with E-state index < -0.39 is 0 Å². The number of rotatable bonds is 5. The first-order valence-corrected chi connectivity index (χ1v) is 5.89. The number of carbonyl (C=O) groups excluding carboxylic acids is 1. The molecule has 0 aliphatic heterocycles. The third-order valence-corrected chi connectivity index (χ3v) is 2.92. The van der Waals surface area contributed by atoms with Gasteiger partial charge in [-0.1, -0.05) is 0 Å². The Kier molecular flexibility index (Phi) is 5.57. The number of nitrogens with two attached hydrogens (primary N) is 1. The number of primary amides is 1. The summed E-state index contributed by atoms with van der Waals surface area (Å²) < 4.78 is 5.23. The number of amides is 1. The number of pyridine rings is 1. The molecule has 1 heterocycles. The number of hydrogen-bond donors (Lipinski definition) is 1. The Bertz CT molecular complexity index is 572. The topological polar surface area (TPSA) is 65.2 Å². The summed E-state index contributed by atoms with van der Waals surface area (Å²) in [6, 6.07) is 5.90. The fraction of sp³-hybridized carbons (Fsp3) is 0.286. The first-order valence-electron chi connectivity index (χ1n) is 5.89. The molecule has 0 spiro atoms. The van der Waals surface area contributed by atoms with E-state index in [4.69, 9.17) is 10.5 Å². The van der Waals surface area contributed by atoms with Gasteiger partial charge in [0, 0.05) is 24.2 Å². The predicted octanol–water partition coefficient (Wildman–Crippen LogP) is 2.47. The van der Waals surface area contributed by atoms with Crippen LogP contribution in [0.2, 0.25) is 0 Å². The van der Waals surface area contributed by atoms with Gasteiger partial charge in [0.25, 0.3) is 0 Å². The number of aromatic nitrogens is 1. The van der Waals surface area contributed by atoms with Crippen molar-refractivity contribution in [2.75, 3.05) is 7.11 Å². The van der Waals surface area contributed by atoms with Crippen LogP contribution < -0.4 is 10.5 Å². The first-order chi connectivity index (χ1) is 8.70. The van der Waals surface area contributed by atoms with Gasteiger partial charge in [-0.2, -0.15) is 0 Å². The number of aryl methyl sites for hydroxylation is 1. The molecule has 4 nitrogen and oxygen atoms in total. The van der Waals surface area contributed by atoms with Crippen LogP contribution in [0.1, 0.15) is 18.4 Å². The molecule has 0 atom stereocenters. The molecular formula is C14H17ClN2O2. The molecule has 2 aromatic rings. The molecule has 0 unspecified atom stereocenters. The van der Waals surface area contributed by atoms with E-state index in [1.54, 1.807) is 7.11 Å². The van der Waals surface area contributed by atoms with Crippen molar-refractivity contribution in [1.29, 1.82) is 0 Å². The molecule has 1 amide bonds. The Morgan fingerprint density at radius 3 is 2.84 bits per heavy atom. The van der Waals surface area contributed by atoms with Crippen molar-refractivity contribution in [3.63, 3.8) is 0 Å². The van der Waals surface area contributed by atoms with Crippen LogP contribution in [0.15, 0.2) is 30.6 Å². The number of nitrogens with zero attached hydrogens (tertiary/aromatic N) is 1. The second-order valence-electron chi connectivity index (χ2n) is 4.21. The summed E-state index contributed by atoms with van der Waals surface area (Å²) in [6.07, 6.45) is 5.60. The lowest BCUT2D eigenvalue weighted by molar-refractivity contribution is -0.118. The summed E-state index contributed by atoms with van der Waals surface area (Å²) in [5, 5.41) is 2.20. The Balaban J connectivity index is 0.00000180. The standard InChI is InChI=1S/C14H16N2O2.ClH/c1-18-12-6-5-11-9-16-8-10(13(11)7-12)3-2-4-14(15)17;/h5-9H,2-4H2,1H3,(H2,15,17);1H. The largest absolute Gasteiger partial charge is 0.497 e. The molecule has 0 bridgehead atoms. The summed E-state index contributed by atoms with van der Waals surface area (Å²) in [5.41, 5.74) is 6.26. The van der Waals surface area contributed by atoms with Gasteiger partial charge in [0.15, 0.2) is 0 Å². The zero-order chi connectivity index (χ0) is 13.0. The van der Waals surface area contributed by atoms with Crippen molar-refractivity contribution in [2.45, 2.75) is 19.3 Å². The molecule has 2 N–H and O–H groups in total. The van der Waals surface area contributed by atoms with Crippen LogP contribution >= 0.6 is 12.4 Å². The highest BCUT2D eigenvalue weighted by Crippen LogP contribution is 2.24. The highest BCUT2D eigenvalue weighted by molar-refractivity contribution is 5.86. The van der Waals surface area contributed by atoms with E-state index in [9.17, 15) is 4.79 Å². The Labute approximate surface area is 118 Å². The van der Waals surface area contributed by atoms with E-state index in [0.717, 1.165) is 34.9 Å². The van der Waals surface area contributed by atoms with Crippen molar-refractivity contribution in [1.82, 2.24) is 4.98 Å². The third kappa shape index (κ3) is 3.83. The molecule has 0 saturated heterocycles. The zero-order valence-electron chi connectivity index (χ0n) is 10.8. The van der Waals surface area contributed by atoms with Gasteiger partial charge in [-0.25, -0.2) is 0 Å². The maximum Gasteiger partial charge on any atom is 0.217 e. The van der Waals surface area contributed by atoms with Crippen molar-refractivity contribution in [3.8, 4) is 5.75 Å². The van der Waals surface area contributed by atoms with Crippen molar-refractivity contribution < 1.29 is 9.53 Å². The SMILES string of the molecule is COc1ccc2cncc(CCCC(N)=O)c2c1.Cl. The molecule has 0 fully saturated rings. The average molecular weight is 281 g/mol. The van der Waals surface area contributed by atoms with Gasteiger partial charge in [0.1, 0.15) is 5.75 Å². The fourth-order valence-corrected chi connectivity index (χ4v) is 1.98. The Morgan fingerprint density at radius 1 is 1.37 bits per heavy atom. The van der Waals surface area contributed by atoms with Crippen molar-refractivity contribution >= 4 is 29.1 Å². The highest BCUT2D eigenvalue weighted by atomic mass is 35.5. The second kappa shape index (κ2) is 6.95. The molecule has 1 aromatic carbocycles. The lowest BCUT2D eigenvalue weighted by Gasteiger charge is -2.07. The number of ether oxygens (including phenoxy) is 1. The number of halogens is 1. The van der Waals surface area contributed by atoms with Crippen LogP contribution in [-0.2, 0) is 11.2 Å². The molecule has 1 aromatic heterocycles. The minimum absolute atomic E-state index is 0. The Morgan fingerprint density at radius 2 is 2.16 bits per heavy atom. The summed E-state index contributed by atoms with van der Waals surface area (Å²) in [7, 11) is 1.65. The van der Waals surface area contributed by atoms with E-state index in [2.05, 4.69) is 4.98 Å². The van der Waals surface area contributed by atoms with E-state index in [-0.39, 0.29) is 18.3 Å². The maximum atomic E-state index is 10.7. The normalized spacial score (nSPS) is 9.95. The second-order valence-corrected chi connectivity index (χ2v) is 4.21. The molecular weight excluding hydrogens is 264 g/mol. The molecule has 19 heavy (non-hydrogen) atoms. The summed E-state index contributed by atoms with van der Waals surface area (Å²) in [5.74, 6) is 0.561. The lowest BCUT2D eigenvalue weighted by Crippen LogP contribution is -2.10. The van der Waals surface area contributed by atoms with Gasteiger partial charge >= 0.3 is 0 Å². The van der Waals surface area contributed by atoms with E-state index in [0.29, 0.717) is 6.42 Å². The summed E-state index contributed by atoms with van der Waals surface area (Å²) in [6.45, 7) is 0. The van der Waals surface area contributed by atoms with Gasteiger partial charge < -0.3 is 10.5 Å². The van der Waals surface area contributed by atoms with Gasteiger partial charge in [0.05, 0.1) is 7.11 Å². The lowest BCUT2D eigenvalue weighted by atomic mass is 10.0. The first kappa shape index (κ1) is 15.2. The fourth-order valence-electron chi connectivity index (χ4n) is 1.98. The van der Waals surface area contributed by atoms with Crippen LogP contribution in [0.3, 0.4) is 0 Å². The quantitative estimate of drug-likeness (QED) is 0.915. The average Bonchev–Trinajstić information content (AvgIpc) is 2.38.